The van der Waals surface area contributed by atoms with Gasteiger partial charge in [-0.25, -0.2) is 0 Å². The fraction of sp³-hybridized carbons (Fsp3) is 0.692. The molecule has 0 bridgehead atoms. The van der Waals surface area contributed by atoms with Crippen molar-refractivity contribution >= 4 is 0 Å². The summed E-state index contributed by atoms with van der Waals surface area (Å²) in [6.45, 7) is 3.40. The van der Waals surface area contributed by atoms with Crippen molar-refractivity contribution in [2.24, 2.45) is 11.7 Å². The first-order valence-corrected chi connectivity index (χ1v) is 7.24. The van der Waals surface area contributed by atoms with Crippen LogP contribution in [0, 0.1) is 5.92 Å². The molecule has 20 heavy (non-hydrogen) atoms. The maximum atomic E-state index is 5.48. The molecule has 108 valence electrons. The molecule has 2 aromatic rings. The molecule has 0 aromatic carbocycles. The summed E-state index contributed by atoms with van der Waals surface area (Å²) in [6.07, 6.45) is 6.59. The Balaban J connectivity index is 1.73. The van der Waals surface area contributed by atoms with Crippen molar-refractivity contribution in [3.63, 3.8) is 0 Å². The van der Waals surface area contributed by atoms with E-state index in [1.165, 1.54) is 12.8 Å². The molecule has 2 aromatic heterocycles. The molecule has 7 heteroatoms. The van der Waals surface area contributed by atoms with E-state index in [0.29, 0.717) is 30.6 Å². The average molecular weight is 276 g/mol. The van der Waals surface area contributed by atoms with E-state index in [4.69, 9.17) is 10.3 Å². The summed E-state index contributed by atoms with van der Waals surface area (Å²) in [7, 11) is 0. The molecule has 2 unspecified atom stereocenters. The van der Waals surface area contributed by atoms with Gasteiger partial charge >= 0.3 is 0 Å². The van der Waals surface area contributed by atoms with Gasteiger partial charge in [-0.1, -0.05) is 23.7 Å². The summed E-state index contributed by atoms with van der Waals surface area (Å²) in [5.41, 5.74) is 6.09. The normalized spacial score (nSPS) is 22.5. The zero-order valence-electron chi connectivity index (χ0n) is 11.7. The average Bonchev–Trinajstić information content (AvgIpc) is 3.18. The Labute approximate surface area is 117 Å². The minimum absolute atomic E-state index is 0.427. The number of nitrogens with zero attached hydrogens (tertiary/aromatic N) is 5. The van der Waals surface area contributed by atoms with Crippen LogP contribution in [0.4, 0.5) is 0 Å². The van der Waals surface area contributed by atoms with Crippen LogP contribution in [0.25, 0.3) is 11.6 Å². The Morgan fingerprint density at radius 1 is 1.45 bits per heavy atom. The Morgan fingerprint density at radius 3 is 3.10 bits per heavy atom. The molecular weight excluding hydrogens is 256 g/mol. The van der Waals surface area contributed by atoms with Crippen molar-refractivity contribution in [1.82, 2.24) is 25.1 Å². The Morgan fingerprint density at radius 2 is 2.35 bits per heavy atom. The third-order valence-corrected chi connectivity index (χ3v) is 4.04. The van der Waals surface area contributed by atoms with Crippen LogP contribution in [0.15, 0.2) is 10.7 Å². The van der Waals surface area contributed by atoms with E-state index in [9.17, 15) is 0 Å². The fourth-order valence-corrected chi connectivity index (χ4v) is 2.82. The predicted octanol–water partition coefficient (Wildman–Crippen LogP) is 1.58. The van der Waals surface area contributed by atoms with Crippen LogP contribution >= 0.6 is 0 Å². The first-order valence-electron chi connectivity index (χ1n) is 7.24. The van der Waals surface area contributed by atoms with Gasteiger partial charge in [-0.2, -0.15) is 4.98 Å². The van der Waals surface area contributed by atoms with Crippen molar-refractivity contribution in [2.45, 2.75) is 45.1 Å². The van der Waals surface area contributed by atoms with Gasteiger partial charge in [0, 0.05) is 12.5 Å². The number of hydrogen-bond acceptors (Lipinski definition) is 6. The maximum Gasteiger partial charge on any atom is 0.280 e. The first kappa shape index (κ1) is 13.2. The minimum atomic E-state index is 0.427. The SMILES string of the molecule is CCC1CCC(c2noc(-c3cn(CCN)nn3)n2)C1. The molecule has 0 radical (unpaired) electrons. The Bertz CT molecular complexity index is 563. The lowest BCUT2D eigenvalue weighted by molar-refractivity contribution is 0.412. The van der Waals surface area contributed by atoms with Gasteiger partial charge in [-0.15, -0.1) is 5.10 Å². The lowest BCUT2D eigenvalue weighted by atomic mass is 10.0. The zero-order valence-corrected chi connectivity index (χ0v) is 11.7. The van der Waals surface area contributed by atoms with E-state index in [1.807, 2.05) is 0 Å². The molecule has 0 aliphatic heterocycles. The molecule has 3 rings (SSSR count). The summed E-state index contributed by atoms with van der Waals surface area (Å²) in [4.78, 5) is 4.48. The summed E-state index contributed by atoms with van der Waals surface area (Å²) in [6, 6.07) is 0. The van der Waals surface area contributed by atoms with Crippen LogP contribution in [-0.4, -0.2) is 31.7 Å². The third-order valence-electron chi connectivity index (χ3n) is 4.04. The van der Waals surface area contributed by atoms with Gasteiger partial charge in [-0.3, -0.25) is 4.68 Å². The van der Waals surface area contributed by atoms with Gasteiger partial charge in [0.05, 0.1) is 12.7 Å². The van der Waals surface area contributed by atoms with Gasteiger partial charge in [0.1, 0.15) is 0 Å². The third kappa shape index (κ3) is 2.58. The van der Waals surface area contributed by atoms with Crippen molar-refractivity contribution in [3.8, 4) is 11.6 Å². The van der Waals surface area contributed by atoms with E-state index in [1.54, 1.807) is 10.9 Å². The summed E-state index contributed by atoms with van der Waals surface area (Å²) < 4.78 is 7.00. The summed E-state index contributed by atoms with van der Waals surface area (Å²) >= 11 is 0. The van der Waals surface area contributed by atoms with Gasteiger partial charge in [0.2, 0.25) is 0 Å². The van der Waals surface area contributed by atoms with E-state index in [2.05, 4.69) is 27.4 Å². The van der Waals surface area contributed by atoms with Crippen LogP contribution in [0.3, 0.4) is 0 Å². The van der Waals surface area contributed by atoms with Crippen LogP contribution in [0.1, 0.15) is 44.3 Å². The minimum Gasteiger partial charge on any atom is -0.332 e. The molecule has 1 saturated carbocycles. The van der Waals surface area contributed by atoms with E-state index in [-0.39, 0.29) is 0 Å². The standard InChI is InChI=1S/C13H20N6O/c1-2-9-3-4-10(7-9)12-15-13(20-17-12)11-8-19(6-5-14)18-16-11/h8-10H,2-7,14H2,1H3. The maximum absolute atomic E-state index is 5.48. The number of nitrogens with two attached hydrogens (primary N) is 1. The highest BCUT2D eigenvalue weighted by Gasteiger charge is 2.28. The largest absolute Gasteiger partial charge is 0.332 e. The molecular formula is C13H20N6O. The van der Waals surface area contributed by atoms with Gasteiger partial charge in [0.25, 0.3) is 5.89 Å². The number of aromatic nitrogens is 5. The number of hydrogen-bond donors (Lipinski definition) is 1. The monoisotopic (exact) mass is 276 g/mol. The van der Waals surface area contributed by atoms with Crippen LogP contribution < -0.4 is 5.73 Å². The Kier molecular flexibility index (Phi) is 3.77. The summed E-state index contributed by atoms with van der Waals surface area (Å²) in [5, 5.41) is 12.1. The van der Waals surface area contributed by atoms with E-state index in [0.717, 1.165) is 24.6 Å². The molecule has 0 saturated heterocycles. The van der Waals surface area contributed by atoms with Crippen LogP contribution in [0.5, 0.6) is 0 Å². The van der Waals surface area contributed by atoms with Crippen LogP contribution in [-0.2, 0) is 6.54 Å². The highest BCUT2D eigenvalue weighted by Crippen LogP contribution is 2.38. The van der Waals surface area contributed by atoms with Crippen molar-refractivity contribution in [2.75, 3.05) is 6.54 Å². The van der Waals surface area contributed by atoms with Crippen LogP contribution in [0.2, 0.25) is 0 Å². The lowest BCUT2D eigenvalue weighted by Crippen LogP contribution is -2.10. The topological polar surface area (TPSA) is 95.7 Å². The van der Waals surface area contributed by atoms with Gasteiger partial charge in [0.15, 0.2) is 11.5 Å². The second-order valence-electron chi connectivity index (χ2n) is 5.40. The molecule has 0 spiro atoms. The van der Waals surface area contributed by atoms with E-state index >= 15 is 0 Å². The molecule has 1 aliphatic rings. The zero-order chi connectivity index (χ0) is 13.9. The van der Waals surface area contributed by atoms with E-state index < -0.39 is 0 Å². The fourth-order valence-electron chi connectivity index (χ4n) is 2.82. The number of rotatable bonds is 5. The predicted molar refractivity (Wildman–Crippen MR) is 72.7 cm³/mol. The van der Waals surface area contributed by atoms with Gasteiger partial charge < -0.3 is 10.3 Å². The molecule has 1 aliphatic carbocycles. The highest BCUT2D eigenvalue weighted by molar-refractivity contribution is 5.43. The smallest absolute Gasteiger partial charge is 0.280 e. The molecule has 0 amide bonds. The molecule has 2 N–H and O–H groups in total. The molecule has 1 fully saturated rings. The second kappa shape index (κ2) is 5.70. The van der Waals surface area contributed by atoms with Crippen molar-refractivity contribution in [1.29, 1.82) is 0 Å². The highest BCUT2D eigenvalue weighted by atomic mass is 16.5. The molecule has 2 heterocycles. The Hall–Kier alpha value is -1.76. The summed E-state index contributed by atoms with van der Waals surface area (Å²) in [5.74, 6) is 2.48. The second-order valence-corrected chi connectivity index (χ2v) is 5.40. The molecule has 2 atom stereocenters. The van der Waals surface area contributed by atoms with Gasteiger partial charge in [-0.05, 0) is 25.2 Å². The lowest BCUT2D eigenvalue weighted by Gasteiger charge is -2.04. The first-order chi connectivity index (χ1) is 9.80. The van der Waals surface area contributed by atoms with Crippen molar-refractivity contribution in [3.05, 3.63) is 12.0 Å². The quantitative estimate of drug-likeness (QED) is 0.890. The molecule has 7 nitrogen and oxygen atoms in total. The van der Waals surface area contributed by atoms with Crippen molar-refractivity contribution < 1.29 is 4.52 Å².